The highest BCUT2D eigenvalue weighted by Crippen LogP contribution is 2.12. The van der Waals surface area contributed by atoms with Crippen molar-refractivity contribution in [2.75, 3.05) is 24.5 Å². The molecular formula is C12H16N4O4. The number of nitrogens with two attached hydrogens (primary N) is 1. The molecule has 1 rings (SSSR count). The van der Waals surface area contributed by atoms with Gasteiger partial charge in [-0.15, -0.1) is 0 Å². The number of primary amides is 1. The number of carbonyl (C=O) groups excluding carboxylic acids is 2. The lowest BCUT2D eigenvalue weighted by Crippen LogP contribution is -2.45. The van der Waals surface area contributed by atoms with Gasteiger partial charge < -0.3 is 21.5 Å². The molecule has 5 N–H and O–H groups in total. The molecule has 1 aromatic carbocycles. The Bertz CT molecular complexity index is 478. The summed E-state index contributed by atoms with van der Waals surface area (Å²) in [5.74, 6) is -1.13. The zero-order valence-corrected chi connectivity index (χ0v) is 10.7. The van der Waals surface area contributed by atoms with Gasteiger partial charge in [0.15, 0.2) is 0 Å². The summed E-state index contributed by atoms with van der Waals surface area (Å²) in [6, 6.07) is 7.17. The molecule has 108 valence electrons. The minimum Gasteiger partial charge on any atom is -0.480 e. The smallest absolute Gasteiger partial charge is 0.323 e. The zero-order valence-electron chi connectivity index (χ0n) is 10.7. The number of aliphatic carboxylic acids is 1. The van der Waals surface area contributed by atoms with Crippen LogP contribution in [0.15, 0.2) is 30.3 Å². The van der Waals surface area contributed by atoms with Crippen LogP contribution in [0.2, 0.25) is 0 Å². The van der Waals surface area contributed by atoms with Gasteiger partial charge >= 0.3 is 18.0 Å². The molecular weight excluding hydrogens is 264 g/mol. The fraction of sp³-hybridized carbons (Fsp3) is 0.250. The molecule has 0 bridgehead atoms. The van der Waals surface area contributed by atoms with Crippen molar-refractivity contribution in [1.29, 1.82) is 0 Å². The highest BCUT2D eigenvalue weighted by molar-refractivity contribution is 5.96. The van der Waals surface area contributed by atoms with Crippen molar-refractivity contribution in [1.82, 2.24) is 10.6 Å². The number of rotatable bonds is 6. The molecule has 8 heteroatoms. The number of carbonyl (C=O) groups is 3. The molecule has 0 radical (unpaired) electrons. The van der Waals surface area contributed by atoms with Gasteiger partial charge in [-0.3, -0.25) is 9.69 Å². The van der Waals surface area contributed by atoms with E-state index in [0.29, 0.717) is 5.69 Å². The first-order valence-corrected chi connectivity index (χ1v) is 5.86. The third kappa shape index (κ3) is 5.25. The third-order valence-electron chi connectivity index (χ3n) is 2.31. The lowest BCUT2D eigenvalue weighted by atomic mass is 10.3. The number of urea groups is 2. The Balaban J connectivity index is 2.61. The second-order valence-corrected chi connectivity index (χ2v) is 3.84. The molecule has 0 fully saturated rings. The van der Waals surface area contributed by atoms with Crippen molar-refractivity contribution in [3.63, 3.8) is 0 Å². The predicted molar refractivity (Wildman–Crippen MR) is 72.4 cm³/mol. The molecule has 0 atom stereocenters. The quantitative estimate of drug-likeness (QED) is 0.545. The summed E-state index contributed by atoms with van der Waals surface area (Å²) in [5, 5.41) is 13.6. The van der Waals surface area contributed by atoms with Gasteiger partial charge in [-0.1, -0.05) is 18.2 Å². The van der Waals surface area contributed by atoms with Crippen molar-refractivity contribution in [2.24, 2.45) is 5.73 Å². The predicted octanol–water partition coefficient (Wildman–Crippen LogP) is -0.0445. The van der Waals surface area contributed by atoms with Crippen LogP contribution in [0.3, 0.4) is 0 Å². The molecule has 20 heavy (non-hydrogen) atoms. The topological polar surface area (TPSA) is 125 Å². The molecule has 0 saturated heterocycles. The average Bonchev–Trinajstić information content (AvgIpc) is 2.41. The molecule has 0 aliphatic carbocycles. The van der Waals surface area contributed by atoms with Crippen LogP contribution < -0.4 is 21.3 Å². The van der Waals surface area contributed by atoms with Gasteiger partial charge in [0.1, 0.15) is 6.54 Å². The number of nitrogens with zero attached hydrogens (tertiary/aromatic N) is 1. The highest BCUT2D eigenvalue weighted by Gasteiger charge is 2.17. The molecule has 8 nitrogen and oxygen atoms in total. The van der Waals surface area contributed by atoms with E-state index in [2.05, 4.69) is 10.6 Å². The van der Waals surface area contributed by atoms with Gasteiger partial charge in [-0.05, 0) is 12.1 Å². The summed E-state index contributed by atoms with van der Waals surface area (Å²) in [4.78, 5) is 34.3. The van der Waals surface area contributed by atoms with Gasteiger partial charge in [0.25, 0.3) is 0 Å². The van der Waals surface area contributed by atoms with Crippen LogP contribution in [0.25, 0.3) is 0 Å². The second kappa shape index (κ2) is 7.62. The first kappa shape index (κ1) is 15.3. The van der Waals surface area contributed by atoms with Crippen LogP contribution in [0.5, 0.6) is 0 Å². The van der Waals surface area contributed by atoms with E-state index in [1.165, 1.54) is 0 Å². The van der Waals surface area contributed by atoms with Gasteiger partial charge in [-0.25, -0.2) is 9.59 Å². The van der Waals surface area contributed by atoms with E-state index in [4.69, 9.17) is 10.8 Å². The van der Waals surface area contributed by atoms with Gasteiger partial charge in [0.2, 0.25) is 0 Å². The standard InChI is InChI=1S/C12H16N4O4/c13-11(19)14-6-7-15-12(20)16(8-10(17)18)9-4-2-1-3-5-9/h1-5H,6-8H2,(H,15,20)(H,17,18)(H3,13,14,19). The number of benzene rings is 1. The lowest BCUT2D eigenvalue weighted by molar-refractivity contribution is -0.135. The Morgan fingerprint density at radius 2 is 1.70 bits per heavy atom. The zero-order chi connectivity index (χ0) is 15.0. The van der Waals surface area contributed by atoms with E-state index in [1.807, 2.05) is 0 Å². The Morgan fingerprint density at radius 1 is 1.10 bits per heavy atom. The fourth-order valence-electron chi connectivity index (χ4n) is 1.47. The number of hydrogen-bond acceptors (Lipinski definition) is 3. The first-order valence-electron chi connectivity index (χ1n) is 5.86. The van der Waals surface area contributed by atoms with Crippen molar-refractivity contribution in [2.45, 2.75) is 0 Å². The maximum absolute atomic E-state index is 11.9. The van der Waals surface area contributed by atoms with Crippen LogP contribution in [-0.2, 0) is 4.79 Å². The molecule has 4 amide bonds. The Labute approximate surface area is 115 Å². The maximum atomic E-state index is 11.9. The second-order valence-electron chi connectivity index (χ2n) is 3.84. The summed E-state index contributed by atoms with van der Waals surface area (Å²) in [5.41, 5.74) is 5.34. The summed E-state index contributed by atoms with van der Waals surface area (Å²) >= 11 is 0. The van der Waals surface area contributed by atoms with Crippen LogP contribution in [0.1, 0.15) is 0 Å². The molecule has 0 unspecified atom stereocenters. The van der Waals surface area contributed by atoms with Crippen molar-refractivity contribution in [3.8, 4) is 0 Å². The van der Waals surface area contributed by atoms with Crippen LogP contribution in [0.4, 0.5) is 15.3 Å². The van der Waals surface area contributed by atoms with E-state index in [0.717, 1.165) is 4.90 Å². The number of nitrogens with one attached hydrogen (secondary N) is 2. The largest absolute Gasteiger partial charge is 0.480 e. The van der Waals surface area contributed by atoms with Crippen molar-refractivity contribution < 1.29 is 19.5 Å². The van der Waals surface area contributed by atoms with E-state index in [9.17, 15) is 14.4 Å². The summed E-state index contributed by atoms with van der Waals surface area (Å²) in [6.07, 6.45) is 0. The molecule has 0 spiro atoms. The molecule has 1 aromatic rings. The number of hydrogen-bond donors (Lipinski definition) is 4. The van der Waals surface area contributed by atoms with E-state index in [1.54, 1.807) is 30.3 Å². The molecule has 0 aromatic heterocycles. The highest BCUT2D eigenvalue weighted by atomic mass is 16.4. The minimum atomic E-state index is -1.13. The van der Waals surface area contributed by atoms with Gasteiger partial charge in [0.05, 0.1) is 0 Å². The first-order chi connectivity index (χ1) is 9.50. The average molecular weight is 280 g/mol. The number of amides is 4. The van der Waals surface area contributed by atoms with Crippen LogP contribution in [-0.4, -0.2) is 42.8 Å². The fourth-order valence-corrected chi connectivity index (χ4v) is 1.47. The van der Waals surface area contributed by atoms with Crippen molar-refractivity contribution >= 4 is 23.7 Å². The summed E-state index contributed by atoms with van der Waals surface area (Å²) in [7, 11) is 0. The van der Waals surface area contributed by atoms with Crippen LogP contribution >= 0.6 is 0 Å². The minimum absolute atomic E-state index is 0.144. The molecule has 0 heterocycles. The Hall–Kier alpha value is -2.77. The number of carboxylic acid groups (broad SMARTS) is 1. The Kier molecular flexibility index (Phi) is 5.82. The number of anilines is 1. The Morgan fingerprint density at radius 3 is 2.25 bits per heavy atom. The van der Waals surface area contributed by atoms with E-state index >= 15 is 0 Å². The SMILES string of the molecule is NC(=O)NCCNC(=O)N(CC(=O)O)c1ccccc1. The summed E-state index contributed by atoms with van der Waals surface area (Å²) < 4.78 is 0. The molecule has 0 aliphatic heterocycles. The number of carboxylic acids is 1. The van der Waals surface area contributed by atoms with Gasteiger partial charge in [-0.2, -0.15) is 0 Å². The van der Waals surface area contributed by atoms with Crippen LogP contribution in [0, 0.1) is 0 Å². The number of para-hydroxylation sites is 1. The van der Waals surface area contributed by atoms with E-state index < -0.39 is 24.6 Å². The molecule has 0 saturated carbocycles. The monoisotopic (exact) mass is 280 g/mol. The third-order valence-corrected chi connectivity index (χ3v) is 2.31. The van der Waals surface area contributed by atoms with Gasteiger partial charge in [0, 0.05) is 18.8 Å². The van der Waals surface area contributed by atoms with Crippen molar-refractivity contribution in [3.05, 3.63) is 30.3 Å². The maximum Gasteiger partial charge on any atom is 0.323 e. The van der Waals surface area contributed by atoms with E-state index in [-0.39, 0.29) is 13.1 Å². The summed E-state index contributed by atoms with van der Waals surface area (Å²) in [6.45, 7) is -0.152. The molecule has 0 aliphatic rings. The lowest BCUT2D eigenvalue weighted by Gasteiger charge is -2.21. The normalized spacial score (nSPS) is 9.60.